The van der Waals surface area contributed by atoms with Gasteiger partial charge in [0.05, 0.1) is 12.7 Å². The predicted octanol–water partition coefficient (Wildman–Crippen LogP) is 3.77. The van der Waals surface area contributed by atoms with Gasteiger partial charge in [0.1, 0.15) is 5.58 Å². The van der Waals surface area contributed by atoms with Gasteiger partial charge in [0.15, 0.2) is 0 Å². The second-order valence-corrected chi connectivity index (χ2v) is 5.97. The van der Waals surface area contributed by atoms with E-state index >= 15 is 0 Å². The molecule has 0 saturated carbocycles. The fourth-order valence-electron chi connectivity index (χ4n) is 3.12. The first kappa shape index (κ1) is 14.2. The lowest BCUT2D eigenvalue weighted by Crippen LogP contribution is -2.25. The van der Waals surface area contributed by atoms with E-state index in [1.807, 2.05) is 0 Å². The molecule has 21 heavy (non-hydrogen) atoms. The van der Waals surface area contributed by atoms with E-state index in [4.69, 9.17) is 4.42 Å². The van der Waals surface area contributed by atoms with E-state index in [1.165, 1.54) is 30.4 Å². The van der Waals surface area contributed by atoms with Crippen LogP contribution in [0.1, 0.15) is 49.3 Å². The summed E-state index contributed by atoms with van der Waals surface area (Å²) in [5.74, 6) is 0.0919. The fourth-order valence-corrected chi connectivity index (χ4v) is 3.12. The summed E-state index contributed by atoms with van der Waals surface area (Å²) < 4.78 is 5.64. The van der Waals surface area contributed by atoms with Gasteiger partial charge in [-0.05, 0) is 48.9 Å². The van der Waals surface area contributed by atoms with E-state index in [0.717, 1.165) is 42.3 Å². The van der Waals surface area contributed by atoms with Crippen molar-refractivity contribution in [2.24, 2.45) is 0 Å². The lowest BCUT2D eigenvalue weighted by molar-refractivity contribution is -0.120. The standard InChI is InChI=1S/C18H23NO2/c1-2-3-4-8-19-18(20)11-15-12-21-17-10-14-7-5-6-13(14)9-16(15)17/h9-10,12H,2-8,11H2,1H3,(H,19,20). The molecule has 0 spiro atoms. The molecule has 1 aromatic heterocycles. The predicted molar refractivity (Wildman–Crippen MR) is 84.5 cm³/mol. The molecular weight excluding hydrogens is 262 g/mol. The minimum atomic E-state index is 0.0919. The van der Waals surface area contributed by atoms with Crippen LogP contribution in [0, 0.1) is 0 Å². The van der Waals surface area contributed by atoms with E-state index in [9.17, 15) is 4.79 Å². The molecule has 0 atom stereocenters. The minimum absolute atomic E-state index is 0.0919. The number of nitrogens with one attached hydrogen (secondary N) is 1. The monoisotopic (exact) mass is 285 g/mol. The van der Waals surface area contributed by atoms with Crippen LogP contribution < -0.4 is 5.32 Å². The van der Waals surface area contributed by atoms with Crippen molar-refractivity contribution in [1.82, 2.24) is 5.32 Å². The number of carbonyl (C=O) groups excluding carboxylic acids is 1. The molecule has 1 N–H and O–H groups in total. The summed E-state index contributed by atoms with van der Waals surface area (Å²) in [6, 6.07) is 4.38. The van der Waals surface area contributed by atoms with Crippen LogP contribution in [0.3, 0.4) is 0 Å². The summed E-state index contributed by atoms with van der Waals surface area (Å²) in [7, 11) is 0. The van der Waals surface area contributed by atoms with Gasteiger partial charge in [-0.3, -0.25) is 4.79 Å². The van der Waals surface area contributed by atoms with Gasteiger partial charge in [0.25, 0.3) is 0 Å². The molecule has 3 rings (SSSR count). The van der Waals surface area contributed by atoms with Crippen LogP contribution in [0.25, 0.3) is 11.0 Å². The Morgan fingerprint density at radius 3 is 2.86 bits per heavy atom. The van der Waals surface area contributed by atoms with Crippen molar-refractivity contribution >= 4 is 16.9 Å². The third kappa shape index (κ3) is 3.12. The SMILES string of the molecule is CCCCCNC(=O)Cc1coc2cc3c(cc12)CCC3. The van der Waals surface area contributed by atoms with E-state index in [2.05, 4.69) is 24.4 Å². The summed E-state index contributed by atoms with van der Waals surface area (Å²) in [4.78, 5) is 12.0. The van der Waals surface area contributed by atoms with Crippen molar-refractivity contribution in [1.29, 1.82) is 0 Å². The summed E-state index contributed by atoms with van der Waals surface area (Å²) >= 11 is 0. The average molecular weight is 285 g/mol. The Morgan fingerprint density at radius 2 is 2.05 bits per heavy atom. The van der Waals surface area contributed by atoms with E-state index in [-0.39, 0.29) is 5.91 Å². The number of rotatable bonds is 6. The Labute approximate surface area is 125 Å². The van der Waals surface area contributed by atoms with Gasteiger partial charge < -0.3 is 9.73 Å². The Morgan fingerprint density at radius 1 is 1.24 bits per heavy atom. The zero-order valence-electron chi connectivity index (χ0n) is 12.7. The maximum atomic E-state index is 12.0. The summed E-state index contributed by atoms with van der Waals surface area (Å²) in [5.41, 5.74) is 4.76. The van der Waals surface area contributed by atoms with Gasteiger partial charge in [0, 0.05) is 17.5 Å². The molecule has 0 bridgehead atoms. The number of amides is 1. The van der Waals surface area contributed by atoms with E-state index < -0.39 is 0 Å². The molecule has 3 heteroatoms. The zero-order valence-corrected chi connectivity index (χ0v) is 12.7. The first-order valence-corrected chi connectivity index (χ1v) is 8.06. The average Bonchev–Trinajstić information content (AvgIpc) is 3.08. The van der Waals surface area contributed by atoms with Gasteiger partial charge in [-0.25, -0.2) is 0 Å². The lowest BCUT2D eigenvalue weighted by atomic mass is 10.0. The smallest absolute Gasteiger partial charge is 0.224 e. The van der Waals surface area contributed by atoms with Gasteiger partial charge in [-0.1, -0.05) is 19.8 Å². The number of benzene rings is 1. The van der Waals surface area contributed by atoms with E-state index in [1.54, 1.807) is 6.26 Å². The summed E-state index contributed by atoms with van der Waals surface area (Å²) in [6.45, 7) is 2.94. The molecule has 112 valence electrons. The van der Waals surface area contributed by atoms with Crippen LogP contribution in [-0.2, 0) is 24.1 Å². The normalized spacial score (nSPS) is 13.6. The molecule has 1 aliphatic rings. The quantitative estimate of drug-likeness (QED) is 0.821. The van der Waals surface area contributed by atoms with Crippen LogP contribution in [0.4, 0.5) is 0 Å². The van der Waals surface area contributed by atoms with Gasteiger partial charge >= 0.3 is 0 Å². The van der Waals surface area contributed by atoms with Crippen LogP contribution in [0.5, 0.6) is 0 Å². The molecule has 1 aliphatic carbocycles. The number of fused-ring (bicyclic) bond motifs is 2. The van der Waals surface area contributed by atoms with Gasteiger partial charge in [-0.15, -0.1) is 0 Å². The van der Waals surface area contributed by atoms with E-state index in [0.29, 0.717) is 6.42 Å². The highest BCUT2D eigenvalue weighted by Crippen LogP contribution is 2.30. The molecular formula is C18H23NO2. The largest absolute Gasteiger partial charge is 0.464 e. The zero-order chi connectivity index (χ0) is 14.7. The molecule has 2 aromatic rings. The molecule has 1 heterocycles. The van der Waals surface area contributed by atoms with Crippen LogP contribution in [0.2, 0.25) is 0 Å². The topological polar surface area (TPSA) is 42.2 Å². The third-order valence-corrected chi connectivity index (χ3v) is 4.32. The van der Waals surface area contributed by atoms with Gasteiger partial charge in [-0.2, -0.15) is 0 Å². The highest BCUT2D eigenvalue weighted by Gasteiger charge is 2.16. The third-order valence-electron chi connectivity index (χ3n) is 4.32. The second-order valence-electron chi connectivity index (χ2n) is 5.97. The highest BCUT2D eigenvalue weighted by atomic mass is 16.3. The molecule has 1 amide bonds. The van der Waals surface area contributed by atoms with Crippen LogP contribution >= 0.6 is 0 Å². The summed E-state index contributed by atoms with van der Waals surface area (Å²) in [5, 5.41) is 4.10. The summed E-state index contributed by atoms with van der Waals surface area (Å²) in [6.07, 6.45) is 9.09. The number of carbonyl (C=O) groups is 1. The lowest BCUT2D eigenvalue weighted by Gasteiger charge is -2.04. The van der Waals surface area contributed by atoms with Gasteiger partial charge in [0.2, 0.25) is 5.91 Å². The molecule has 0 radical (unpaired) electrons. The maximum absolute atomic E-state index is 12.0. The number of unbranched alkanes of at least 4 members (excludes halogenated alkanes) is 2. The Bertz CT molecular complexity index is 642. The van der Waals surface area contributed by atoms with Crippen molar-refractivity contribution in [3.8, 4) is 0 Å². The minimum Gasteiger partial charge on any atom is -0.464 e. The maximum Gasteiger partial charge on any atom is 0.224 e. The first-order chi connectivity index (χ1) is 10.3. The molecule has 0 aliphatic heterocycles. The van der Waals surface area contributed by atoms with Crippen molar-refractivity contribution in [3.63, 3.8) is 0 Å². The van der Waals surface area contributed by atoms with Crippen molar-refractivity contribution in [3.05, 3.63) is 35.1 Å². The second kappa shape index (κ2) is 6.33. The van der Waals surface area contributed by atoms with Crippen molar-refractivity contribution in [2.45, 2.75) is 51.9 Å². The number of hydrogen-bond donors (Lipinski definition) is 1. The number of aryl methyl sites for hydroxylation is 2. The Kier molecular flexibility index (Phi) is 4.28. The Hall–Kier alpha value is -1.77. The number of furan rings is 1. The molecule has 1 aromatic carbocycles. The first-order valence-electron chi connectivity index (χ1n) is 8.06. The fraction of sp³-hybridized carbons (Fsp3) is 0.500. The molecule has 3 nitrogen and oxygen atoms in total. The number of hydrogen-bond acceptors (Lipinski definition) is 2. The molecule has 0 saturated heterocycles. The molecule has 0 unspecified atom stereocenters. The van der Waals surface area contributed by atoms with Crippen LogP contribution in [0.15, 0.2) is 22.8 Å². The Balaban J connectivity index is 1.68. The van der Waals surface area contributed by atoms with Crippen LogP contribution in [-0.4, -0.2) is 12.5 Å². The highest BCUT2D eigenvalue weighted by molar-refractivity contribution is 5.88. The van der Waals surface area contributed by atoms with Crippen molar-refractivity contribution < 1.29 is 9.21 Å². The molecule has 0 fully saturated rings. The van der Waals surface area contributed by atoms with Crippen molar-refractivity contribution in [2.75, 3.05) is 6.54 Å².